The van der Waals surface area contributed by atoms with Crippen LogP contribution in [0.5, 0.6) is 0 Å². The monoisotopic (exact) mass is 307 g/mol. The second kappa shape index (κ2) is 6.97. The molecule has 0 aliphatic carbocycles. The maximum Gasteiger partial charge on any atom is 0.0426 e. The number of fused-ring (bicyclic) bond motifs is 1. The van der Waals surface area contributed by atoms with Crippen molar-refractivity contribution < 1.29 is 0 Å². The van der Waals surface area contributed by atoms with Crippen molar-refractivity contribution >= 4 is 33.2 Å². The van der Waals surface area contributed by atoms with Crippen LogP contribution in [0, 0.1) is 0 Å². The summed E-state index contributed by atoms with van der Waals surface area (Å²) < 4.78 is 1.76. The first-order chi connectivity index (χ1) is 9.51. The van der Waals surface area contributed by atoms with Crippen LogP contribution in [-0.2, 0) is 0 Å². The Morgan fingerprint density at radius 3 is 2.75 bits per heavy atom. The minimum atomic E-state index is 0.315. The van der Waals surface area contributed by atoms with Crippen LogP contribution in [0.4, 0.5) is 0 Å². The molecule has 0 spiro atoms. The third-order valence-electron chi connectivity index (χ3n) is 3.21. The van der Waals surface area contributed by atoms with Crippen molar-refractivity contribution in [3.63, 3.8) is 0 Å². The lowest BCUT2D eigenvalue weighted by Gasteiger charge is -2.24. The first-order valence-corrected chi connectivity index (χ1v) is 9.21. The second-order valence-electron chi connectivity index (χ2n) is 6.12. The first kappa shape index (κ1) is 15.9. The van der Waals surface area contributed by atoms with Gasteiger partial charge >= 0.3 is 0 Å². The van der Waals surface area contributed by atoms with E-state index < -0.39 is 0 Å². The fraction of sp³-hybridized carbons (Fsp3) is 0.529. The standard InChI is InChI=1S/C17H25NS2/c1-5-10-18-15(12-20-17(2,3)4)14-8-6-7-13-9-11-19-16(13)14/h6-9,11,15,18H,5,10,12H2,1-4H3. The molecule has 1 aromatic heterocycles. The molecule has 110 valence electrons. The average molecular weight is 308 g/mol. The minimum Gasteiger partial charge on any atom is -0.309 e. The lowest BCUT2D eigenvalue weighted by Crippen LogP contribution is -2.26. The Kier molecular flexibility index (Phi) is 5.53. The molecule has 0 bridgehead atoms. The molecule has 0 amide bonds. The van der Waals surface area contributed by atoms with Gasteiger partial charge in [-0.3, -0.25) is 0 Å². The fourth-order valence-corrected chi connectivity index (χ4v) is 4.13. The molecular weight excluding hydrogens is 282 g/mol. The van der Waals surface area contributed by atoms with E-state index in [9.17, 15) is 0 Å². The number of hydrogen-bond donors (Lipinski definition) is 1. The van der Waals surface area contributed by atoms with Crippen molar-refractivity contribution in [1.29, 1.82) is 0 Å². The van der Waals surface area contributed by atoms with Gasteiger partial charge in [-0.15, -0.1) is 11.3 Å². The lowest BCUT2D eigenvalue weighted by molar-refractivity contribution is 0.579. The lowest BCUT2D eigenvalue weighted by atomic mass is 10.1. The van der Waals surface area contributed by atoms with E-state index in [-0.39, 0.29) is 0 Å². The van der Waals surface area contributed by atoms with Gasteiger partial charge < -0.3 is 5.32 Å². The molecule has 20 heavy (non-hydrogen) atoms. The van der Waals surface area contributed by atoms with Crippen LogP contribution in [0.15, 0.2) is 29.6 Å². The Balaban J connectivity index is 2.23. The zero-order chi connectivity index (χ0) is 14.6. The molecule has 1 N–H and O–H groups in total. The Hall–Kier alpha value is -0.510. The van der Waals surface area contributed by atoms with Gasteiger partial charge in [-0.1, -0.05) is 45.9 Å². The van der Waals surface area contributed by atoms with Crippen LogP contribution in [0.1, 0.15) is 45.7 Å². The third kappa shape index (κ3) is 4.24. The van der Waals surface area contributed by atoms with E-state index in [1.807, 2.05) is 23.1 Å². The van der Waals surface area contributed by atoms with Gasteiger partial charge in [0.25, 0.3) is 0 Å². The maximum absolute atomic E-state index is 3.73. The molecule has 0 aliphatic heterocycles. The smallest absolute Gasteiger partial charge is 0.0426 e. The summed E-state index contributed by atoms with van der Waals surface area (Å²) in [5, 5.41) is 7.29. The zero-order valence-electron chi connectivity index (χ0n) is 12.9. The van der Waals surface area contributed by atoms with Gasteiger partial charge in [-0.2, -0.15) is 11.8 Å². The van der Waals surface area contributed by atoms with Crippen LogP contribution in [0.25, 0.3) is 10.1 Å². The zero-order valence-corrected chi connectivity index (χ0v) is 14.5. The van der Waals surface area contributed by atoms with E-state index in [4.69, 9.17) is 0 Å². The molecule has 1 atom stereocenters. The van der Waals surface area contributed by atoms with E-state index in [1.54, 1.807) is 0 Å². The minimum absolute atomic E-state index is 0.315. The molecule has 2 aromatic rings. The van der Waals surface area contributed by atoms with Crippen LogP contribution >= 0.6 is 23.1 Å². The summed E-state index contributed by atoms with van der Waals surface area (Å²) in [6.07, 6.45) is 1.18. The molecule has 0 aliphatic rings. The number of hydrogen-bond acceptors (Lipinski definition) is 3. The van der Waals surface area contributed by atoms with E-state index >= 15 is 0 Å². The fourth-order valence-electron chi connectivity index (χ4n) is 2.20. The van der Waals surface area contributed by atoms with Crippen LogP contribution < -0.4 is 5.32 Å². The van der Waals surface area contributed by atoms with E-state index in [0.29, 0.717) is 10.8 Å². The summed E-state index contributed by atoms with van der Waals surface area (Å²) in [6.45, 7) is 10.2. The molecule has 1 unspecified atom stereocenters. The number of thioether (sulfide) groups is 1. The number of nitrogens with one attached hydrogen (secondary N) is 1. The van der Waals surface area contributed by atoms with Gasteiger partial charge in [0, 0.05) is 21.2 Å². The summed E-state index contributed by atoms with van der Waals surface area (Å²) in [6, 6.07) is 9.35. The quantitative estimate of drug-likeness (QED) is 0.759. The molecule has 2 rings (SSSR count). The highest BCUT2D eigenvalue weighted by molar-refractivity contribution is 8.00. The van der Waals surface area contributed by atoms with Gasteiger partial charge in [0.05, 0.1) is 0 Å². The second-order valence-corrected chi connectivity index (χ2v) is 8.88. The highest BCUT2D eigenvalue weighted by Crippen LogP contribution is 2.33. The summed E-state index contributed by atoms with van der Waals surface area (Å²) in [7, 11) is 0. The van der Waals surface area contributed by atoms with Crippen molar-refractivity contribution in [3.8, 4) is 0 Å². The van der Waals surface area contributed by atoms with Crippen molar-refractivity contribution in [2.24, 2.45) is 0 Å². The van der Waals surface area contributed by atoms with Crippen LogP contribution in [0.3, 0.4) is 0 Å². The number of thiophene rings is 1. The van der Waals surface area contributed by atoms with E-state index in [1.165, 1.54) is 22.1 Å². The topological polar surface area (TPSA) is 12.0 Å². The van der Waals surface area contributed by atoms with Gasteiger partial charge in [0.1, 0.15) is 0 Å². The van der Waals surface area contributed by atoms with Crippen molar-refractivity contribution in [3.05, 3.63) is 35.2 Å². The van der Waals surface area contributed by atoms with E-state index in [2.05, 4.69) is 62.7 Å². The van der Waals surface area contributed by atoms with Gasteiger partial charge in [0.2, 0.25) is 0 Å². The number of benzene rings is 1. The summed E-state index contributed by atoms with van der Waals surface area (Å²) in [4.78, 5) is 0. The number of rotatable bonds is 6. The molecule has 0 fully saturated rings. The Bertz CT molecular complexity index is 539. The molecule has 1 heterocycles. The van der Waals surface area contributed by atoms with Gasteiger partial charge in [-0.25, -0.2) is 0 Å². The highest BCUT2D eigenvalue weighted by atomic mass is 32.2. The third-order valence-corrected chi connectivity index (χ3v) is 5.55. The summed E-state index contributed by atoms with van der Waals surface area (Å²) in [5.74, 6) is 1.13. The van der Waals surface area contributed by atoms with Gasteiger partial charge in [0.15, 0.2) is 0 Å². The Morgan fingerprint density at radius 2 is 2.05 bits per heavy atom. The molecule has 1 aromatic carbocycles. The molecule has 0 saturated carbocycles. The van der Waals surface area contributed by atoms with Crippen LogP contribution in [-0.4, -0.2) is 17.0 Å². The van der Waals surface area contributed by atoms with E-state index in [0.717, 1.165) is 12.3 Å². The Labute approximate surface area is 131 Å². The Morgan fingerprint density at radius 1 is 1.25 bits per heavy atom. The van der Waals surface area contributed by atoms with Gasteiger partial charge in [-0.05, 0) is 35.4 Å². The van der Waals surface area contributed by atoms with Crippen molar-refractivity contribution in [2.75, 3.05) is 12.3 Å². The molecule has 3 heteroatoms. The normalized spacial score (nSPS) is 13.8. The van der Waals surface area contributed by atoms with Crippen molar-refractivity contribution in [2.45, 2.75) is 44.9 Å². The first-order valence-electron chi connectivity index (χ1n) is 7.34. The maximum atomic E-state index is 3.73. The summed E-state index contributed by atoms with van der Waals surface area (Å²) in [5.41, 5.74) is 1.46. The largest absolute Gasteiger partial charge is 0.309 e. The predicted octanol–water partition coefficient (Wildman–Crippen LogP) is 5.47. The molecule has 0 radical (unpaired) electrons. The van der Waals surface area contributed by atoms with Crippen molar-refractivity contribution in [1.82, 2.24) is 5.32 Å². The van der Waals surface area contributed by atoms with Crippen LogP contribution in [0.2, 0.25) is 0 Å². The average Bonchev–Trinajstić information content (AvgIpc) is 2.86. The molecule has 0 saturated heterocycles. The SMILES string of the molecule is CCCNC(CSC(C)(C)C)c1cccc2ccsc12. The molecular formula is C17H25NS2. The predicted molar refractivity (Wildman–Crippen MR) is 95.1 cm³/mol. The highest BCUT2D eigenvalue weighted by Gasteiger charge is 2.18. The summed E-state index contributed by atoms with van der Waals surface area (Å²) >= 11 is 3.90. The molecule has 1 nitrogen and oxygen atoms in total.